The molecule has 0 atom stereocenters. The number of aromatic nitrogens is 1. The van der Waals surface area contributed by atoms with E-state index in [1.54, 1.807) is 0 Å². The van der Waals surface area contributed by atoms with Crippen molar-refractivity contribution in [3.63, 3.8) is 0 Å². The fraction of sp³-hybridized carbons (Fsp3) is 0.200. The second kappa shape index (κ2) is 3.75. The zero-order chi connectivity index (χ0) is 7.72. The standard InChI is InChI=1S/C5H5NO4.Na/c1-2-3(4(7)8)5(9)10-6-2;/h9H,1H3,(H,7,8);/q;+1/p-1. The summed E-state index contributed by atoms with van der Waals surface area (Å²) in [5.41, 5.74) is -0.280. The Bertz CT molecular complexity index is 250. The summed E-state index contributed by atoms with van der Waals surface area (Å²) in [5, 5.41) is 22.0. The predicted octanol–water partition coefficient (Wildman–Crippen LogP) is -3.94. The van der Waals surface area contributed by atoms with Gasteiger partial charge in [-0.3, -0.25) is 0 Å². The predicted molar refractivity (Wildman–Crippen MR) is 27.2 cm³/mol. The van der Waals surface area contributed by atoms with E-state index < -0.39 is 11.9 Å². The molecule has 0 radical (unpaired) electrons. The number of carbonyl (C=O) groups excluding carboxylic acids is 1. The third-order valence-corrected chi connectivity index (χ3v) is 1.05. The van der Waals surface area contributed by atoms with Gasteiger partial charge in [-0.05, 0) is 6.92 Å². The maximum absolute atomic E-state index is 10.1. The molecule has 5 nitrogen and oxygen atoms in total. The van der Waals surface area contributed by atoms with Crippen molar-refractivity contribution in [2.24, 2.45) is 0 Å². The normalized spacial score (nSPS) is 8.82. The van der Waals surface area contributed by atoms with E-state index in [1.165, 1.54) is 6.92 Å². The fourth-order valence-corrected chi connectivity index (χ4v) is 0.593. The summed E-state index contributed by atoms with van der Waals surface area (Å²) < 4.78 is 4.14. The Morgan fingerprint density at radius 2 is 2.27 bits per heavy atom. The maximum Gasteiger partial charge on any atom is 1.00 e. The van der Waals surface area contributed by atoms with Gasteiger partial charge in [-0.1, -0.05) is 5.16 Å². The van der Waals surface area contributed by atoms with Crippen LogP contribution in [-0.4, -0.2) is 16.2 Å². The smallest absolute Gasteiger partial charge is 0.544 e. The van der Waals surface area contributed by atoms with Gasteiger partial charge in [0.2, 0.25) is 0 Å². The molecule has 0 bridgehead atoms. The number of rotatable bonds is 1. The average Bonchev–Trinajstić information content (AvgIpc) is 2.11. The number of carbonyl (C=O) groups is 1. The molecule has 1 heterocycles. The van der Waals surface area contributed by atoms with Crippen LogP contribution < -0.4 is 34.7 Å². The molecule has 1 rings (SSSR count). The van der Waals surface area contributed by atoms with E-state index in [9.17, 15) is 9.90 Å². The molecule has 11 heavy (non-hydrogen) atoms. The van der Waals surface area contributed by atoms with E-state index in [0.717, 1.165) is 0 Å². The van der Waals surface area contributed by atoms with Crippen LogP contribution in [0.1, 0.15) is 16.1 Å². The van der Waals surface area contributed by atoms with E-state index in [1.807, 2.05) is 0 Å². The number of aryl methyl sites for hydroxylation is 1. The largest absolute Gasteiger partial charge is 1.00 e. The molecule has 0 aliphatic carbocycles. The Labute approximate surface area is 84.3 Å². The van der Waals surface area contributed by atoms with Gasteiger partial charge in [0.05, 0.1) is 11.7 Å². The number of nitrogens with zero attached hydrogens (tertiary/aromatic N) is 1. The average molecular weight is 165 g/mol. The summed E-state index contributed by atoms with van der Waals surface area (Å²) >= 11 is 0. The summed E-state index contributed by atoms with van der Waals surface area (Å²) in [4.78, 5) is 10.1. The minimum atomic E-state index is -1.49. The molecule has 0 aliphatic heterocycles. The summed E-state index contributed by atoms with van der Waals surface area (Å²) in [5.74, 6) is -2.20. The van der Waals surface area contributed by atoms with Crippen LogP contribution in [0.2, 0.25) is 0 Å². The molecule has 0 saturated heterocycles. The maximum atomic E-state index is 10.1. The number of aromatic carboxylic acids is 1. The van der Waals surface area contributed by atoms with E-state index in [2.05, 4.69) is 9.68 Å². The van der Waals surface area contributed by atoms with E-state index >= 15 is 0 Å². The van der Waals surface area contributed by atoms with Crippen molar-refractivity contribution in [2.75, 3.05) is 0 Å². The first-order chi connectivity index (χ1) is 4.63. The van der Waals surface area contributed by atoms with Gasteiger partial charge in [0.15, 0.2) is 0 Å². The molecule has 0 fully saturated rings. The molecule has 1 N–H and O–H groups in total. The molecule has 1 aromatic rings. The van der Waals surface area contributed by atoms with E-state index in [-0.39, 0.29) is 40.8 Å². The Kier molecular flexibility index (Phi) is 3.57. The molecule has 0 amide bonds. The molecule has 54 valence electrons. The minimum absolute atomic E-state index is 0. The number of aromatic hydroxyl groups is 1. The van der Waals surface area contributed by atoms with Crippen LogP contribution in [0.3, 0.4) is 0 Å². The van der Waals surface area contributed by atoms with Gasteiger partial charge in [-0.15, -0.1) is 0 Å². The number of hydrogen-bond acceptors (Lipinski definition) is 5. The molecular weight excluding hydrogens is 161 g/mol. The van der Waals surface area contributed by atoms with Gasteiger partial charge in [-0.25, -0.2) is 0 Å². The monoisotopic (exact) mass is 165 g/mol. The molecular formula is C5H4NNaO4. The quantitative estimate of drug-likeness (QED) is 0.429. The first-order valence-electron chi connectivity index (χ1n) is 2.49. The van der Waals surface area contributed by atoms with Crippen LogP contribution >= 0.6 is 0 Å². The Hall–Kier alpha value is -0.520. The fourth-order valence-electron chi connectivity index (χ4n) is 0.593. The van der Waals surface area contributed by atoms with Crippen molar-refractivity contribution < 1.29 is 49.1 Å². The van der Waals surface area contributed by atoms with Crippen molar-refractivity contribution in [3.8, 4) is 5.95 Å². The Balaban J connectivity index is 0.000001000. The Morgan fingerprint density at radius 1 is 1.73 bits per heavy atom. The van der Waals surface area contributed by atoms with Crippen LogP contribution in [0.5, 0.6) is 5.95 Å². The van der Waals surface area contributed by atoms with Crippen LogP contribution in [0.15, 0.2) is 4.52 Å². The molecule has 0 aliphatic rings. The van der Waals surface area contributed by atoms with Gasteiger partial charge in [0, 0.05) is 0 Å². The Morgan fingerprint density at radius 3 is 2.45 bits per heavy atom. The van der Waals surface area contributed by atoms with Gasteiger partial charge in [0.1, 0.15) is 5.56 Å². The summed E-state index contributed by atoms with van der Waals surface area (Å²) in [6, 6.07) is 0. The third kappa shape index (κ3) is 1.95. The van der Waals surface area contributed by atoms with Crippen LogP contribution in [0, 0.1) is 6.92 Å². The topological polar surface area (TPSA) is 86.4 Å². The van der Waals surface area contributed by atoms with Crippen molar-refractivity contribution in [2.45, 2.75) is 6.92 Å². The molecule has 0 unspecified atom stereocenters. The first kappa shape index (κ1) is 10.5. The first-order valence-corrected chi connectivity index (χ1v) is 2.49. The molecule has 0 spiro atoms. The van der Waals surface area contributed by atoms with Crippen molar-refractivity contribution in [1.29, 1.82) is 0 Å². The number of carboxylic acid groups (broad SMARTS) is 1. The molecule has 1 aromatic heterocycles. The van der Waals surface area contributed by atoms with Gasteiger partial charge in [0.25, 0.3) is 0 Å². The second-order valence-corrected chi connectivity index (χ2v) is 1.74. The van der Waals surface area contributed by atoms with E-state index in [0.29, 0.717) is 0 Å². The number of carboxylic acids is 1. The zero-order valence-electron chi connectivity index (χ0n) is 6.12. The van der Waals surface area contributed by atoms with Crippen molar-refractivity contribution in [1.82, 2.24) is 5.16 Å². The zero-order valence-corrected chi connectivity index (χ0v) is 8.12. The second-order valence-electron chi connectivity index (χ2n) is 1.74. The van der Waals surface area contributed by atoms with E-state index in [4.69, 9.17) is 5.11 Å². The minimum Gasteiger partial charge on any atom is -0.544 e. The van der Waals surface area contributed by atoms with Gasteiger partial charge >= 0.3 is 35.5 Å². The molecule has 0 saturated carbocycles. The summed E-state index contributed by atoms with van der Waals surface area (Å²) in [6.07, 6.45) is 0. The van der Waals surface area contributed by atoms with Crippen LogP contribution in [0.4, 0.5) is 0 Å². The van der Waals surface area contributed by atoms with Crippen LogP contribution in [0.25, 0.3) is 0 Å². The third-order valence-electron chi connectivity index (χ3n) is 1.05. The number of hydrogen-bond donors (Lipinski definition) is 1. The van der Waals surface area contributed by atoms with Gasteiger partial charge in [-0.2, -0.15) is 0 Å². The molecule has 6 heteroatoms. The van der Waals surface area contributed by atoms with Gasteiger partial charge < -0.3 is 19.5 Å². The molecule has 0 aromatic carbocycles. The van der Waals surface area contributed by atoms with Crippen molar-refractivity contribution >= 4 is 5.97 Å². The SMILES string of the molecule is Cc1noc(O)c1C(=O)[O-].[Na+]. The summed E-state index contributed by atoms with van der Waals surface area (Å²) in [6.45, 7) is 1.40. The van der Waals surface area contributed by atoms with Crippen molar-refractivity contribution in [3.05, 3.63) is 11.3 Å². The summed E-state index contributed by atoms with van der Waals surface area (Å²) in [7, 11) is 0. The van der Waals surface area contributed by atoms with Crippen LogP contribution in [-0.2, 0) is 0 Å².